The van der Waals surface area contributed by atoms with Crippen molar-refractivity contribution in [2.75, 3.05) is 7.05 Å². The van der Waals surface area contributed by atoms with Gasteiger partial charge in [-0.25, -0.2) is 0 Å². The van der Waals surface area contributed by atoms with Gasteiger partial charge < -0.3 is 5.73 Å². The van der Waals surface area contributed by atoms with E-state index in [1.54, 1.807) is 11.3 Å². The van der Waals surface area contributed by atoms with E-state index < -0.39 is 0 Å². The molecule has 3 atom stereocenters. The minimum atomic E-state index is 0.0660. The molecule has 20 heavy (non-hydrogen) atoms. The van der Waals surface area contributed by atoms with Crippen LogP contribution in [0, 0.1) is 0 Å². The summed E-state index contributed by atoms with van der Waals surface area (Å²) in [7, 11) is 2.12. The summed E-state index contributed by atoms with van der Waals surface area (Å²) in [6.07, 6.45) is 0. The van der Waals surface area contributed by atoms with Gasteiger partial charge in [0.05, 0.1) is 6.04 Å². The lowest BCUT2D eigenvalue weighted by Gasteiger charge is -2.35. The number of halogens is 1. The third-order valence-corrected chi connectivity index (χ3v) is 4.70. The van der Waals surface area contributed by atoms with E-state index >= 15 is 0 Å². The summed E-state index contributed by atoms with van der Waals surface area (Å²) in [5, 5.41) is 5.05. The Labute approximate surface area is 130 Å². The molecule has 2 rings (SSSR count). The Morgan fingerprint density at radius 2 is 1.95 bits per heavy atom. The fraction of sp³-hybridized carbons (Fsp3) is 0.375. The molecule has 0 fully saturated rings. The van der Waals surface area contributed by atoms with Crippen molar-refractivity contribution in [2.24, 2.45) is 5.73 Å². The Morgan fingerprint density at radius 3 is 2.50 bits per heavy atom. The van der Waals surface area contributed by atoms with Crippen LogP contribution in [-0.4, -0.2) is 18.0 Å². The second-order valence-corrected chi connectivity index (χ2v) is 6.47. The summed E-state index contributed by atoms with van der Waals surface area (Å²) in [5.74, 6) is 0. The summed E-state index contributed by atoms with van der Waals surface area (Å²) in [5.41, 5.74) is 8.70. The molecule has 1 heterocycles. The number of nitrogens with two attached hydrogens (primary N) is 1. The average Bonchev–Trinajstić information content (AvgIpc) is 2.91. The number of hydrogen-bond donors (Lipinski definition) is 1. The van der Waals surface area contributed by atoms with Gasteiger partial charge in [-0.05, 0) is 61.0 Å². The fourth-order valence-corrected chi connectivity index (χ4v) is 3.48. The Hall–Kier alpha value is -0.870. The molecule has 0 saturated heterocycles. The van der Waals surface area contributed by atoms with Crippen molar-refractivity contribution in [3.63, 3.8) is 0 Å². The first-order chi connectivity index (χ1) is 9.50. The minimum Gasteiger partial charge on any atom is -0.326 e. The largest absolute Gasteiger partial charge is 0.326 e. The third kappa shape index (κ3) is 3.41. The lowest BCUT2D eigenvalue weighted by atomic mass is 9.98. The van der Waals surface area contributed by atoms with Crippen molar-refractivity contribution in [3.05, 3.63) is 57.2 Å². The molecule has 4 heteroatoms. The Bertz CT molecular complexity index is 539. The van der Waals surface area contributed by atoms with Gasteiger partial charge in [0.2, 0.25) is 0 Å². The fourth-order valence-electron chi connectivity index (χ4n) is 2.60. The van der Waals surface area contributed by atoms with E-state index in [0.29, 0.717) is 0 Å². The SMILES string of the molecule is CC(N)C(c1ccsc1)N(C)C(C)c1cccc(Cl)c1. The zero-order valence-corrected chi connectivity index (χ0v) is 13.7. The number of likely N-dealkylation sites (N-methyl/N-ethyl adjacent to an activating group) is 1. The Balaban J connectivity index is 2.26. The molecule has 1 aromatic carbocycles. The maximum absolute atomic E-state index is 6.21. The van der Waals surface area contributed by atoms with Crippen LogP contribution >= 0.6 is 22.9 Å². The molecule has 0 aliphatic heterocycles. The van der Waals surface area contributed by atoms with Crippen LogP contribution in [-0.2, 0) is 0 Å². The number of rotatable bonds is 5. The van der Waals surface area contributed by atoms with Crippen LogP contribution in [0.5, 0.6) is 0 Å². The second-order valence-electron chi connectivity index (χ2n) is 5.26. The molecule has 0 bridgehead atoms. The van der Waals surface area contributed by atoms with E-state index in [1.807, 2.05) is 18.2 Å². The van der Waals surface area contributed by atoms with Gasteiger partial charge in [0.25, 0.3) is 0 Å². The van der Waals surface area contributed by atoms with E-state index in [2.05, 4.69) is 48.7 Å². The zero-order chi connectivity index (χ0) is 14.7. The number of hydrogen-bond acceptors (Lipinski definition) is 3. The van der Waals surface area contributed by atoms with Crippen molar-refractivity contribution in [3.8, 4) is 0 Å². The lowest BCUT2D eigenvalue weighted by Crippen LogP contribution is -2.38. The molecule has 0 aliphatic rings. The van der Waals surface area contributed by atoms with Gasteiger partial charge in [-0.2, -0.15) is 11.3 Å². The van der Waals surface area contributed by atoms with Gasteiger partial charge in [-0.1, -0.05) is 23.7 Å². The van der Waals surface area contributed by atoms with Crippen molar-refractivity contribution in [2.45, 2.75) is 32.0 Å². The molecule has 0 amide bonds. The van der Waals surface area contributed by atoms with Gasteiger partial charge in [0.1, 0.15) is 0 Å². The second kappa shape index (κ2) is 6.72. The van der Waals surface area contributed by atoms with Crippen LogP contribution < -0.4 is 5.73 Å². The summed E-state index contributed by atoms with van der Waals surface area (Å²) in [4.78, 5) is 2.32. The van der Waals surface area contributed by atoms with E-state index in [0.717, 1.165) is 5.02 Å². The molecular weight excluding hydrogens is 288 g/mol. The van der Waals surface area contributed by atoms with E-state index in [-0.39, 0.29) is 18.1 Å². The summed E-state index contributed by atoms with van der Waals surface area (Å²) >= 11 is 7.80. The van der Waals surface area contributed by atoms with Crippen molar-refractivity contribution in [1.29, 1.82) is 0 Å². The standard InChI is InChI=1S/C16H21ClN2S/c1-11(18)16(14-7-8-20-10-14)19(3)12(2)13-5-4-6-15(17)9-13/h4-12,16H,18H2,1-3H3. The zero-order valence-electron chi connectivity index (χ0n) is 12.1. The van der Waals surface area contributed by atoms with E-state index in [9.17, 15) is 0 Å². The highest BCUT2D eigenvalue weighted by Crippen LogP contribution is 2.32. The molecule has 2 nitrogen and oxygen atoms in total. The first-order valence-corrected chi connectivity index (χ1v) is 8.08. The predicted molar refractivity (Wildman–Crippen MR) is 88.3 cm³/mol. The van der Waals surface area contributed by atoms with Gasteiger partial charge >= 0.3 is 0 Å². The molecule has 0 aliphatic carbocycles. The highest BCUT2D eigenvalue weighted by Gasteiger charge is 2.26. The molecule has 0 spiro atoms. The normalized spacial score (nSPS) is 16.1. The highest BCUT2D eigenvalue weighted by molar-refractivity contribution is 7.07. The first kappa shape index (κ1) is 15.5. The molecule has 3 unspecified atom stereocenters. The average molecular weight is 309 g/mol. The van der Waals surface area contributed by atoms with Gasteiger partial charge in [0.15, 0.2) is 0 Å². The molecular formula is C16H21ClN2S. The Kier molecular flexibility index (Phi) is 5.22. The Morgan fingerprint density at radius 1 is 1.20 bits per heavy atom. The monoisotopic (exact) mass is 308 g/mol. The summed E-state index contributed by atoms with van der Waals surface area (Å²) in [6, 6.07) is 10.7. The third-order valence-electron chi connectivity index (χ3n) is 3.76. The number of benzene rings is 1. The van der Waals surface area contributed by atoms with Gasteiger partial charge in [0, 0.05) is 17.1 Å². The van der Waals surface area contributed by atoms with Crippen molar-refractivity contribution >= 4 is 22.9 Å². The van der Waals surface area contributed by atoms with Crippen molar-refractivity contribution < 1.29 is 0 Å². The van der Waals surface area contributed by atoms with Gasteiger partial charge in [-0.3, -0.25) is 4.90 Å². The molecule has 2 N–H and O–H groups in total. The number of thiophene rings is 1. The van der Waals surface area contributed by atoms with E-state index in [1.165, 1.54) is 11.1 Å². The minimum absolute atomic E-state index is 0.0660. The van der Waals surface area contributed by atoms with Crippen LogP contribution in [0.3, 0.4) is 0 Å². The van der Waals surface area contributed by atoms with E-state index in [4.69, 9.17) is 17.3 Å². The van der Waals surface area contributed by atoms with Crippen LogP contribution in [0.15, 0.2) is 41.1 Å². The highest BCUT2D eigenvalue weighted by atomic mass is 35.5. The quantitative estimate of drug-likeness (QED) is 0.882. The van der Waals surface area contributed by atoms with Crippen LogP contribution in [0.1, 0.15) is 37.1 Å². The lowest BCUT2D eigenvalue weighted by molar-refractivity contribution is 0.166. The van der Waals surface area contributed by atoms with Crippen LogP contribution in [0.2, 0.25) is 5.02 Å². The number of nitrogens with zero attached hydrogens (tertiary/aromatic N) is 1. The van der Waals surface area contributed by atoms with Crippen LogP contribution in [0.25, 0.3) is 0 Å². The van der Waals surface area contributed by atoms with Crippen molar-refractivity contribution in [1.82, 2.24) is 4.90 Å². The molecule has 0 saturated carbocycles. The molecule has 2 aromatic rings. The maximum Gasteiger partial charge on any atom is 0.0507 e. The predicted octanol–water partition coefficient (Wildman–Crippen LogP) is 4.48. The molecule has 0 radical (unpaired) electrons. The first-order valence-electron chi connectivity index (χ1n) is 6.75. The topological polar surface area (TPSA) is 29.3 Å². The summed E-state index contributed by atoms with van der Waals surface area (Å²) < 4.78 is 0. The van der Waals surface area contributed by atoms with Crippen LogP contribution in [0.4, 0.5) is 0 Å². The maximum atomic E-state index is 6.21. The summed E-state index contributed by atoms with van der Waals surface area (Å²) in [6.45, 7) is 4.25. The molecule has 1 aromatic heterocycles. The smallest absolute Gasteiger partial charge is 0.0507 e. The molecule has 108 valence electrons. The van der Waals surface area contributed by atoms with Gasteiger partial charge in [-0.15, -0.1) is 0 Å².